The largest absolute Gasteiger partial charge is 0.379 e. The fourth-order valence-corrected chi connectivity index (χ4v) is 4.60. The predicted octanol–water partition coefficient (Wildman–Crippen LogP) is 3.71. The number of morpholine rings is 1. The molecule has 2 aromatic carbocycles. The van der Waals surface area contributed by atoms with Gasteiger partial charge in [0.2, 0.25) is 5.91 Å². The summed E-state index contributed by atoms with van der Waals surface area (Å²) >= 11 is 1.42. The second-order valence-corrected chi connectivity index (χ2v) is 9.15. The molecular weight excluding hydrogens is 422 g/mol. The summed E-state index contributed by atoms with van der Waals surface area (Å²) < 4.78 is 7.50. The Kier molecular flexibility index (Phi) is 6.52. The lowest BCUT2D eigenvalue weighted by molar-refractivity contribution is -0.113. The number of carbonyl (C=O) groups excluding carboxylic acids is 1. The van der Waals surface area contributed by atoms with Gasteiger partial charge in [-0.3, -0.25) is 14.3 Å². The van der Waals surface area contributed by atoms with Crippen molar-refractivity contribution in [3.05, 3.63) is 66.0 Å². The normalized spacial score (nSPS) is 16.8. The minimum absolute atomic E-state index is 0.0495. The highest BCUT2D eigenvalue weighted by molar-refractivity contribution is 7.99. The van der Waals surface area contributed by atoms with Gasteiger partial charge in [-0.2, -0.15) is 0 Å². The fourth-order valence-electron chi connectivity index (χ4n) is 3.84. The molecule has 0 spiro atoms. The van der Waals surface area contributed by atoms with Crippen molar-refractivity contribution in [2.45, 2.75) is 30.5 Å². The Bertz CT molecular complexity index is 1040. The first-order chi connectivity index (χ1) is 15.8. The maximum Gasteiger partial charge on any atom is 0.234 e. The molecule has 0 radical (unpaired) electrons. The van der Waals surface area contributed by atoms with Crippen LogP contribution in [0.3, 0.4) is 0 Å². The minimum atomic E-state index is -0.0495. The van der Waals surface area contributed by atoms with E-state index in [1.807, 2.05) is 30.3 Å². The third-order valence-corrected chi connectivity index (χ3v) is 6.62. The summed E-state index contributed by atoms with van der Waals surface area (Å²) in [4.78, 5) is 15.0. The van der Waals surface area contributed by atoms with Crippen LogP contribution in [0.4, 0.5) is 5.69 Å². The molecule has 2 heterocycles. The van der Waals surface area contributed by atoms with E-state index in [9.17, 15) is 4.79 Å². The summed E-state index contributed by atoms with van der Waals surface area (Å²) in [5.74, 6) is 1.70. The second-order valence-electron chi connectivity index (χ2n) is 8.21. The Labute approximate surface area is 192 Å². The van der Waals surface area contributed by atoms with E-state index < -0.39 is 0 Å². The number of benzene rings is 2. The molecule has 1 aliphatic carbocycles. The number of anilines is 1. The van der Waals surface area contributed by atoms with Crippen LogP contribution in [0, 0.1) is 0 Å². The van der Waals surface area contributed by atoms with E-state index >= 15 is 0 Å². The van der Waals surface area contributed by atoms with Crippen LogP contribution >= 0.6 is 11.8 Å². The Morgan fingerprint density at radius 1 is 1.03 bits per heavy atom. The molecule has 2 fully saturated rings. The Balaban J connectivity index is 1.18. The summed E-state index contributed by atoms with van der Waals surface area (Å²) in [5.41, 5.74) is 3.09. The van der Waals surface area contributed by atoms with Crippen molar-refractivity contribution in [2.75, 3.05) is 37.4 Å². The number of nitrogens with zero attached hydrogens (tertiary/aromatic N) is 4. The average Bonchev–Trinajstić information content (AvgIpc) is 3.59. The van der Waals surface area contributed by atoms with Gasteiger partial charge in [0.05, 0.1) is 19.0 Å². The number of thioether (sulfide) groups is 1. The predicted molar refractivity (Wildman–Crippen MR) is 125 cm³/mol. The Hall–Kier alpha value is -2.68. The fraction of sp³-hybridized carbons (Fsp3) is 0.375. The molecule has 3 aromatic rings. The lowest BCUT2D eigenvalue weighted by Gasteiger charge is -2.26. The maximum absolute atomic E-state index is 12.6. The van der Waals surface area contributed by atoms with Gasteiger partial charge in [0.1, 0.15) is 5.82 Å². The topological polar surface area (TPSA) is 72.3 Å². The molecule has 2 aliphatic rings. The highest BCUT2D eigenvalue weighted by atomic mass is 32.2. The number of carbonyl (C=O) groups is 1. The van der Waals surface area contributed by atoms with Gasteiger partial charge in [0, 0.05) is 36.9 Å². The first kappa shape index (κ1) is 21.2. The highest BCUT2D eigenvalue weighted by Gasteiger charge is 2.31. The molecular formula is C24H27N5O2S. The zero-order chi connectivity index (χ0) is 21.8. The van der Waals surface area contributed by atoms with Crippen LogP contribution in [0.2, 0.25) is 0 Å². The Morgan fingerprint density at radius 2 is 1.78 bits per heavy atom. The number of hydrogen-bond acceptors (Lipinski definition) is 6. The average molecular weight is 450 g/mol. The summed E-state index contributed by atoms with van der Waals surface area (Å²) in [6, 6.07) is 18.2. The van der Waals surface area contributed by atoms with Gasteiger partial charge in [-0.1, -0.05) is 42.1 Å². The first-order valence-corrected chi connectivity index (χ1v) is 12.1. The van der Waals surface area contributed by atoms with Crippen LogP contribution in [0.1, 0.15) is 30.1 Å². The third kappa shape index (κ3) is 5.20. The van der Waals surface area contributed by atoms with E-state index in [2.05, 4.69) is 49.2 Å². The minimum Gasteiger partial charge on any atom is -0.379 e. The number of aromatic nitrogens is 3. The number of rotatable bonds is 8. The van der Waals surface area contributed by atoms with E-state index in [1.54, 1.807) is 0 Å². The molecule has 7 nitrogen and oxygen atoms in total. The Morgan fingerprint density at radius 3 is 2.50 bits per heavy atom. The smallest absolute Gasteiger partial charge is 0.234 e. The second kappa shape index (κ2) is 9.85. The molecule has 1 saturated carbocycles. The van der Waals surface area contributed by atoms with Crippen molar-refractivity contribution in [1.29, 1.82) is 0 Å². The SMILES string of the molecule is O=C(CSc1nnc(C2CC2)n1-c1ccccc1)Nc1ccc(CN2CCOCC2)cc1. The monoisotopic (exact) mass is 449 g/mol. The molecule has 1 N–H and O–H groups in total. The number of amides is 1. The van der Waals surface area contributed by atoms with Crippen molar-refractivity contribution < 1.29 is 9.53 Å². The van der Waals surface area contributed by atoms with E-state index in [0.29, 0.717) is 5.92 Å². The van der Waals surface area contributed by atoms with Crippen molar-refractivity contribution >= 4 is 23.4 Å². The quantitative estimate of drug-likeness (QED) is 0.529. The lowest BCUT2D eigenvalue weighted by atomic mass is 10.2. The molecule has 1 amide bonds. The maximum atomic E-state index is 12.6. The van der Waals surface area contributed by atoms with Gasteiger partial charge in [-0.05, 0) is 42.7 Å². The summed E-state index contributed by atoms with van der Waals surface area (Å²) in [6.45, 7) is 4.43. The molecule has 0 bridgehead atoms. The molecule has 32 heavy (non-hydrogen) atoms. The molecule has 0 atom stereocenters. The van der Waals surface area contributed by atoms with Gasteiger partial charge in [-0.15, -0.1) is 10.2 Å². The number of nitrogens with one attached hydrogen (secondary N) is 1. The summed E-state index contributed by atoms with van der Waals surface area (Å²) in [5, 5.41) is 12.6. The number of ether oxygens (including phenoxy) is 1. The van der Waals surface area contributed by atoms with Gasteiger partial charge in [0.25, 0.3) is 0 Å². The molecule has 5 rings (SSSR count). The van der Waals surface area contributed by atoms with Crippen LogP contribution in [0.25, 0.3) is 5.69 Å². The van der Waals surface area contributed by atoms with Crippen LogP contribution in [0.5, 0.6) is 0 Å². The summed E-state index contributed by atoms with van der Waals surface area (Å²) in [6.07, 6.45) is 2.30. The van der Waals surface area contributed by atoms with Crippen LogP contribution in [0.15, 0.2) is 59.8 Å². The molecule has 166 valence electrons. The number of para-hydroxylation sites is 1. The third-order valence-electron chi connectivity index (χ3n) is 5.70. The van der Waals surface area contributed by atoms with Gasteiger partial charge < -0.3 is 10.1 Å². The summed E-state index contributed by atoms with van der Waals surface area (Å²) in [7, 11) is 0. The highest BCUT2D eigenvalue weighted by Crippen LogP contribution is 2.41. The van der Waals surface area contributed by atoms with Crippen LogP contribution in [-0.2, 0) is 16.1 Å². The molecule has 1 aromatic heterocycles. The number of hydrogen-bond donors (Lipinski definition) is 1. The molecule has 0 unspecified atom stereocenters. The first-order valence-electron chi connectivity index (χ1n) is 11.1. The zero-order valence-electron chi connectivity index (χ0n) is 17.9. The molecule has 8 heteroatoms. The van der Waals surface area contributed by atoms with Gasteiger partial charge in [-0.25, -0.2) is 0 Å². The van der Waals surface area contributed by atoms with E-state index in [4.69, 9.17) is 4.74 Å². The zero-order valence-corrected chi connectivity index (χ0v) is 18.8. The van der Waals surface area contributed by atoms with Crippen molar-refractivity contribution in [3.8, 4) is 5.69 Å². The van der Waals surface area contributed by atoms with Crippen molar-refractivity contribution in [2.24, 2.45) is 0 Å². The van der Waals surface area contributed by atoms with Crippen molar-refractivity contribution in [3.63, 3.8) is 0 Å². The van der Waals surface area contributed by atoms with Gasteiger partial charge >= 0.3 is 0 Å². The molecule has 1 saturated heterocycles. The standard InChI is InChI=1S/C24H27N5O2S/c30-22(25-20-10-6-18(7-11-20)16-28-12-14-31-15-13-28)17-32-24-27-26-23(19-8-9-19)29(24)21-4-2-1-3-5-21/h1-7,10-11,19H,8-9,12-17H2,(H,25,30). The van der Waals surface area contributed by atoms with E-state index in [-0.39, 0.29) is 11.7 Å². The lowest BCUT2D eigenvalue weighted by Crippen LogP contribution is -2.35. The van der Waals surface area contributed by atoms with Crippen LogP contribution < -0.4 is 5.32 Å². The van der Waals surface area contributed by atoms with Gasteiger partial charge in [0.15, 0.2) is 5.16 Å². The van der Waals surface area contributed by atoms with E-state index in [1.165, 1.54) is 17.3 Å². The van der Waals surface area contributed by atoms with Crippen molar-refractivity contribution in [1.82, 2.24) is 19.7 Å². The van der Waals surface area contributed by atoms with E-state index in [0.717, 1.165) is 68.0 Å². The van der Waals surface area contributed by atoms with Crippen LogP contribution in [-0.4, -0.2) is 57.6 Å². The molecule has 1 aliphatic heterocycles.